The average Bonchev–Trinajstić information content (AvgIpc) is 3.35. The van der Waals surface area contributed by atoms with E-state index in [0.717, 1.165) is 38.5 Å². The predicted molar refractivity (Wildman–Crippen MR) is 302 cm³/mol. The lowest BCUT2D eigenvalue weighted by Gasteiger charge is -2.27. The average molecular weight is 975 g/mol. The van der Waals surface area contributed by atoms with Gasteiger partial charge in [-0.1, -0.05) is 314 Å². The summed E-state index contributed by atoms with van der Waals surface area (Å²) < 4.78 is 0. The van der Waals surface area contributed by atoms with Crippen LogP contribution in [0, 0.1) is 0 Å². The quantitative estimate of drug-likeness (QED) is 0.0308. The molecule has 0 bridgehead atoms. The number of allylic oxidation sites excluding steroid dienone is 4. The number of nitrogens with one attached hydrogen (secondary N) is 1. The first-order valence-corrected chi connectivity index (χ1v) is 31.2. The van der Waals surface area contributed by atoms with E-state index in [4.69, 9.17) is 0 Å². The van der Waals surface area contributed by atoms with Crippen molar-refractivity contribution >= 4 is 5.91 Å². The van der Waals surface area contributed by atoms with Crippen molar-refractivity contribution < 1.29 is 25.2 Å². The Morgan fingerprint density at radius 1 is 0.348 bits per heavy atom. The van der Waals surface area contributed by atoms with Crippen LogP contribution in [0.3, 0.4) is 0 Å². The van der Waals surface area contributed by atoms with E-state index in [1.54, 1.807) is 0 Å². The number of unbranched alkanes of at least 4 members (excludes halogenated alkanes) is 45. The third-order valence-corrected chi connectivity index (χ3v) is 14.9. The highest BCUT2D eigenvalue weighted by Crippen LogP contribution is 2.19. The number of carbonyl (C=O) groups is 1. The summed E-state index contributed by atoms with van der Waals surface area (Å²) in [5, 5.41) is 44.0. The van der Waals surface area contributed by atoms with Crippen molar-refractivity contribution in [2.24, 2.45) is 0 Å². The van der Waals surface area contributed by atoms with Crippen LogP contribution in [0.5, 0.6) is 0 Å². The molecule has 4 atom stereocenters. The molecule has 6 heteroatoms. The molecule has 0 heterocycles. The third-order valence-electron chi connectivity index (χ3n) is 14.9. The highest BCUT2D eigenvalue weighted by atomic mass is 16.3. The maximum absolute atomic E-state index is 12.6. The highest BCUT2D eigenvalue weighted by Gasteiger charge is 2.28. The monoisotopic (exact) mass is 974 g/mol. The second-order valence-electron chi connectivity index (χ2n) is 21.7. The number of rotatable bonds is 58. The van der Waals surface area contributed by atoms with Crippen molar-refractivity contribution in [1.29, 1.82) is 0 Å². The van der Waals surface area contributed by atoms with E-state index in [1.165, 1.54) is 270 Å². The SMILES string of the molecule is CCCCCCCCCCCCCCCC/C=C/CC/C=C/CCCC(O)C(O)C(CO)NC(=O)C(O)CCCCCCCCCCCCCCCCCCCCCCCCCCCCCCCC. The molecule has 0 saturated heterocycles. The van der Waals surface area contributed by atoms with Gasteiger partial charge in [-0.2, -0.15) is 0 Å². The highest BCUT2D eigenvalue weighted by molar-refractivity contribution is 5.80. The van der Waals surface area contributed by atoms with E-state index in [2.05, 4.69) is 43.5 Å². The van der Waals surface area contributed by atoms with Crippen LogP contribution in [0.15, 0.2) is 24.3 Å². The molecule has 0 aliphatic rings. The molecular weight excluding hydrogens is 851 g/mol. The second kappa shape index (κ2) is 57.7. The molecule has 1 amide bonds. The first kappa shape index (κ1) is 67.8. The Morgan fingerprint density at radius 3 is 0.913 bits per heavy atom. The number of hydrogen-bond acceptors (Lipinski definition) is 5. The molecule has 0 rings (SSSR count). The topological polar surface area (TPSA) is 110 Å². The Kier molecular flexibility index (Phi) is 56.7. The van der Waals surface area contributed by atoms with Gasteiger partial charge in [-0.3, -0.25) is 4.79 Å². The van der Waals surface area contributed by atoms with Crippen LogP contribution in [-0.4, -0.2) is 57.3 Å². The van der Waals surface area contributed by atoms with Crippen molar-refractivity contribution in [3.05, 3.63) is 24.3 Å². The smallest absolute Gasteiger partial charge is 0.249 e. The summed E-state index contributed by atoms with van der Waals surface area (Å²) in [5.74, 6) is -0.590. The van der Waals surface area contributed by atoms with Gasteiger partial charge in [0.05, 0.1) is 18.8 Å². The van der Waals surface area contributed by atoms with Gasteiger partial charge in [-0.25, -0.2) is 0 Å². The van der Waals surface area contributed by atoms with E-state index in [1.807, 2.05) is 0 Å². The molecule has 0 aliphatic heterocycles. The number of aliphatic hydroxyl groups is 4. The summed E-state index contributed by atoms with van der Waals surface area (Å²) in [6, 6.07) is -1.01. The van der Waals surface area contributed by atoms with Gasteiger partial charge in [0.15, 0.2) is 0 Å². The number of hydrogen-bond donors (Lipinski definition) is 5. The maximum Gasteiger partial charge on any atom is 0.249 e. The van der Waals surface area contributed by atoms with Gasteiger partial charge in [0.2, 0.25) is 5.91 Å². The van der Waals surface area contributed by atoms with Crippen molar-refractivity contribution in [3.8, 4) is 0 Å². The Balaban J connectivity index is 3.60. The lowest BCUT2D eigenvalue weighted by Crippen LogP contribution is -2.53. The third kappa shape index (κ3) is 51.5. The van der Waals surface area contributed by atoms with Crippen molar-refractivity contribution in [2.45, 2.75) is 366 Å². The zero-order chi connectivity index (χ0) is 50.2. The molecule has 5 N–H and O–H groups in total. The molecule has 410 valence electrons. The van der Waals surface area contributed by atoms with Crippen LogP contribution < -0.4 is 5.32 Å². The molecule has 4 unspecified atom stereocenters. The molecule has 0 saturated carbocycles. The summed E-state index contributed by atoms with van der Waals surface area (Å²) in [6.45, 7) is 4.09. The van der Waals surface area contributed by atoms with E-state index in [0.29, 0.717) is 19.3 Å². The van der Waals surface area contributed by atoms with Crippen LogP contribution in [0.25, 0.3) is 0 Å². The molecule has 0 aromatic rings. The summed E-state index contributed by atoms with van der Waals surface area (Å²) in [6.07, 6.45) is 71.3. The standard InChI is InChI=1S/C63H123NO5/c1-3-5-7-9-11-13-15-17-19-21-23-25-27-28-29-30-31-32-33-35-37-39-41-43-45-47-49-51-53-55-57-61(67)63(69)64-59(58-65)62(68)60(66)56-54-52-50-48-46-44-42-40-38-36-34-26-24-22-20-18-16-14-12-10-8-6-4-2/h40,42,48,50,59-62,65-68H,3-39,41,43-47,49,51-58H2,1-2H3,(H,64,69)/b42-40+,50-48+. The summed E-state index contributed by atoms with van der Waals surface area (Å²) in [4.78, 5) is 12.6. The minimum atomic E-state index is -1.29. The van der Waals surface area contributed by atoms with E-state index >= 15 is 0 Å². The number of carbonyl (C=O) groups excluding carboxylic acids is 1. The van der Waals surface area contributed by atoms with Gasteiger partial charge in [0, 0.05) is 0 Å². The van der Waals surface area contributed by atoms with Gasteiger partial charge < -0.3 is 25.7 Å². The summed E-state index contributed by atoms with van der Waals surface area (Å²) in [5.41, 5.74) is 0. The van der Waals surface area contributed by atoms with Crippen molar-refractivity contribution in [1.82, 2.24) is 5.32 Å². The molecular formula is C63H123NO5. The van der Waals surface area contributed by atoms with Gasteiger partial charge in [-0.05, 0) is 51.4 Å². The fourth-order valence-electron chi connectivity index (χ4n) is 10.0. The van der Waals surface area contributed by atoms with Crippen LogP contribution in [0.4, 0.5) is 0 Å². The van der Waals surface area contributed by atoms with Crippen molar-refractivity contribution in [3.63, 3.8) is 0 Å². The second-order valence-corrected chi connectivity index (χ2v) is 21.7. The van der Waals surface area contributed by atoms with Gasteiger partial charge in [-0.15, -0.1) is 0 Å². The molecule has 69 heavy (non-hydrogen) atoms. The maximum atomic E-state index is 12.6. The molecule has 0 aromatic heterocycles. The molecule has 0 aromatic carbocycles. The van der Waals surface area contributed by atoms with Gasteiger partial charge in [0.1, 0.15) is 12.2 Å². The number of aliphatic hydroxyl groups excluding tert-OH is 4. The van der Waals surface area contributed by atoms with E-state index < -0.39 is 36.9 Å². The lowest BCUT2D eigenvalue weighted by atomic mass is 10.00. The summed E-state index contributed by atoms with van der Waals surface area (Å²) in [7, 11) is 0. The summed E-state index contributed by atoms with van der Waals surface area (Å²) >= 11 is 0. The number of amides is 1. The fourth-order valence-corrected chi connectivity index (χ4v) is 10.0. The molecule has 0 fully saturated rings. The Bertz CT molecular complexity index is 1050. The Morgan fingerprint density at radius 2 is 0.609 bits per heavy atom. The first-order chi connectivity index (χ1) is 34.0. The largest absolute Gasteiger partial charge is 0.394 e. The minimum Gasteiger partial charge on any atom is -0.394 e. The first-order valence-electron chi connectivity index (χ1n) is 31.2. The van der Waals surface area contributed by atoms with Crippen LogP contribution in [0.2, 0.25) is 0 Å². The lowest BCUT2D eigenvalue weighted by molar-refractivity contribution is -0.132. The van der Waals surface area contributed by atoms with Gasteiger partial charge >= 0.3 is 0 Å². The van der Waals surface area contributed by atoms with Crippen LogP contribution >= 0.6 is 0 Å². The Hall–Kier alpha value is -1.21. The molecule has 0 radical (unpaired) electrons. The predicted octanol–water partition coefficient (Wildman–Crippen LogP) is 18.6. The molecule has 6 nitrogen and oxygen atoms in total. The van der Waals surface area contributed by atoms with E-state index in [-0.39, 0.29) is 0 Å². The normalized spacial score (nSPS) is 13.8. The molecule has 0 aliphatic carbocycles. The van der Waals surface area contributed by atoms with Crippen LogP contribution in [0.1, 0.15) is 341 Å². The van der Waals surface area contributed by atoms with E-state index in [9.17, 15) is 25.2 Å². The molecule has 0 spiro atoms. The zero-order valence-electron chi connectivity index (χ0n) is 46.6. The van der Waals surface area contributed by atoms with Crippen LogP contribution in [-0.2, 0) is 4.79 Å². The van der Waals surface area contributed by atoms with Gasteiger partial charge in [0.25, 0.3) is 0 Å². The zero-order valence-corrected chi connectivity index (χ0v) is 46.6. The minimum absolute atomic E-state index is 0.365. The van der Waals surface area contributed by atoms with Crippen molar-refractivity contribution in [2.75, 3.05) is 6.61 Å². The fraction of sp³-hybridized carbons (Fsp3) is 0.921. The Labute approximate surface area is 431 Å².